The Bertz CT molecular complexity index is 219. The van der Waals surface area contributed by atoms with E-state index in [0.717, 1.165) is 17.9 Å². The highest BCUT2D eigenvalue weighted by molar-refractivity contribution is 4.85. The van der Waals surface area contributed by atoms with Crippen LogP contribution in [0.3, 0.4) is 0 Å². The molecule has 2 fully saturated rings. The Labute approximate surface area is 114 Å². The molecule has 0 aromatic heterocycles. The second-order valence-corrected chi connectivity index (χ2v) is 6.49. The van der Waals surface area contributed by atoms with Gasteiger partial charge in [-0.3, -0.25) is 0 Å². The molecule has 0 spiro atoms. The third kappa shape index (κ3) is 4.55. The van der Waals surface area contributed by atoms with Crippen molar-refractivity contribution in [1.29, 1.82) is 0 Å². The van der Waals surface area contributed by atoms with Crippen molar-refractivity contribution in [3.8, 4) is 0 Å². The molecule has 1 saturated heterocycles. The van der Waals surface area contributed by atoms with Gasteiger partial charge >= 0.3 is 0 Å². The van der Waals surface area contributed by atoms with Crippen LogP contribution in [-0.2, 0) is 0 Å². The molecule has 106 valence electrons. The predicted molar refractivity (Wildman–Crippen MR) is 78.9 cm³/mol. The Kier molecular flexibility index (Phi) is 5.97. The minimum atomic E-state index is 0.903. The van der Waals surface area contributed by atoms with Crippen molar-refractivity contribution >= 4 is 0 Å². The van der Waals surface area contributed by atoms with Gasteiger partial charge in [-0.05, 0) is 76.5 Å². The summed E-state index contributed by atoms with van der Waals surface area (Å²) in [6.45, 7) is 9.98. The zero-order valence-electron chi connectivity index (χ0n) is 12.5. The molecule has 1 N–H and O–H groups in total. The summed E-state index contributed by atoms with van der Waals surface area (Å²) >= 11 is 0. The number of hydrogen-bond acceptors (Lipinski definition) is 2. The second kappa shape index (κ2) is 7.49. The van der Waals surface area contributed by atoms with Crippen LogP contribution in [0.25, 0.3) is 0 Å². The molecule has 0 amide bonds. The molecule has 2 heteroatoms. The molecule has 2 atom stereocenters. The summed E-state index contributed by atoms with van der Waals surface area (Å²) in [6, 6.07) is 0.952. The van der Waals surface area contributed by atoms with Crippen LogP contribution in [0.2, 0.25) is 0 Å². The van der Waals surface area contributed by atoms with E-state index in [1.807, 2.05) is 0 Å². The Morgan fingerprint density at radius 1 is 1.22 bits per heavy atom. The quantitative estimate of drug-likeness (QED) is 0.713. The lowest BCUT2D eigenvalue weighted by Crippen LogP contribution is -2.35. The number of nitrogens with zero attached hydrogens (tertiary/aromatic N) is 1. The van der Waals surface area contributed by atoms with Crippen molar-refractivity contribution in [2.24, 2.45) is 11.8 Å². The summed E-state index contributed by atoms with van der Waals surface area (Å²) < 4.78 is 0. The average Bonchev–Trinajstić information content (AvgIpc) is 3.24. The Balaban J connectivity index is 1.67. The maximum absolute atomic E-state index is 3.56. The van der Waals surface area contributed by atoms with E-state index in [1.54, 1.807) is 0 Å². The molecule has 2 rings (SSSR count). The van der Waals surface area contributed by atoms with E-state index in [-0.39, 0.29) is 0 Å². The van der Waals surface area contributed by atoms with Crippen LogP contribution < -0.4 is 5.32 Å². The van der Waals surface area contributed by atoms with E-state index in [1.165, 1.54) is 71.1 Å². The van der Waals surface area contributed by atoms with E-state index in [4.69, 9.17) is 0 Å². The van der Waals surface area contributed by atoms with Gasteiger partial charge < -0.3 is 10.2 Å². The first-order chi connectivity index (χ1) is 8.81. The van der Waals surface area contributed by atoms with Crippen LogP contribution in [0.15, 0.2) is 0 Å². The van der Waals surface area contributed by atoms with E-state index in [9.17, 15) is 0 Å². The van der Waals surface area contributed by atoms with Crippen LogP contribution in [0, 0.1) is 11.8 Å². The first kappa shape index (κ1) is 14.3. The molecule has 2 aliphatic rings. The fourth-order valence-corrected chi connectivity index (χ4v) is 3.25. The lowest BCUT2D eigenvalue weighted by Gasteiger charge is -2.30. The summed E-state index contributed by atoms with van der Waals surface area (Å²) in [5, 5.41) is 3.56. The first-order valence-corrected chi connectivity index (χ1v) is 8.26. The summed E-state index contributed by atoms with van der Waals surface area (Å²) in [5.41, 5.74) is 0. The van der Waals surface area contributed by atoms with Crippen LogP contribution in [0.1, 0.15) is 58.8 Å². The topological polar surface area (TPSA) is 15.3 Å². The molecule has 0 bridgehead atoms. The van der Waals surface area contributed by atoms with Crippen molar-refractivity contribution in [1.82, 2.24) is 10.2 Å². The maximum Gasteiger partial charge on any atom is 0.00964 e. The molecular formula is C16H32N2. The summed E-state index contributed by atoms with van der Waals surface area (Å²) in [4.78, 5) is 2.77. The van der Waals surface area contributed by atoms with Crippen LogP contribution in [-0.4, -0.2) is 37.1 Å². The molecule has 0 aromatic rings. The second-order valence-electron chi connectivity index (χ2n) is 6.49. The van der Waals surface area contributed by atoms with Crippen LogP contribution in [0.4, 0.5) is 0 Å². The predicted octanol–water partition coefficient (Wildman–Crippen LogP) is 3.28. The summed E-state index contributed by atoms with van der Waals surface area (Å²) in [5.74, 6) is 1.84. The van der Waals surface area contributed by atoms with Crippen molar-refractivity contribution in [3.05, 3.63) is 0 Å². The smallest absolute Gasteiger partial charge is 0.00964 e. The van der Waals surface area contributed by atoms with Crippen molar-refractivity contribution in [2.45, 2.75) is 64.8 Å². The van der Waals surface area contributed by atoms with E-state index < -0.39 is 0 Å². The van der Waals surface area contributed by atoms with Gasteiger partial charge in [0.1, 0.15) is 0 Å². The zero-order valence-corrected chi connectivity index (χ0v) is 12.5. The SMILES string of the molecule is CCCCN(CCC(C)C1CCCNC1)C1CC1. The third-order valence-electron chi connectivity index (χ3n) is 4.87. The van der Waals surface area contributed by atoms with Gasteiger partial charge in [-0.15, -0.1) is 0 Å². The Morgan fingerprint density at radius 2 is 2.06 bits per heavy atom. The lowest BCUT2D eigenvalue weighted by atomic mass is 9.85. The fraction of sp³-hybridized carbons (Fsp3) is 1.00. The minimum Gasteiger partial charge on any atom is -0.316 e. The van der Waals surface area contributed by atoms with Gasteiger partial charge in [-0.2, -0.15) is 0 Å². The van der Waals surface area contributed by atoms with E-state index >= 15 is 0 Å². The largest absolute Gasteiger partial charge is 0.316 e. The molecule has 2 nitrogen and oxygen atoms in total. The number of hydrogen-bond donors (Lipinski definition) is 1. The number of unbranched alkanes of at least 4 members (excludes halogenated alkanes) is 1. The van der Waals surface area contributed by atoms with E-state index in [2.05, 4.69) is 24.1 Å². The van der Waals surface area contributed by atoms with Gasteiger partial charge in [0, 0.05) is 6.04 Å². The highest BCUT2D eigenvalue weighted by Gasteiger charge is 2.29. The summed E-state index contributed by atoms with van der Waals surface area (Å²) in [7, 11) is 0. The van der Waals surface area contributed by atoms with Gasteiger partial charge in [-0.25, -0.2) is 0 Å². The van der Waals surface area contributed by atoms with Crippen LogP contribution >= 0.6 is 0 Å². The van der Waals surface area contributed by atoms with Gasteiger partial charge in [0.2, 0.25) is 0 Å². The molecule has 1 aliphatic carbocycles. The van der Waals surface area contributed by atoms with Crippen molar-refractivity contribution < 1.29 is 0 Å². The first-order valence-electron chi connectivity index (χ1n) is 8.26. The van der Waals surface area contributed by atoms with Gasteiger partial charge in [0.15, 0.2) is 0 Å². The molecule has 18 heavy (non-hydrogen) atoms. The highest BCUT2D eigenvalue weighted by Crippen LogP contribution is 2.29. The van der Waals surface area contributed by atoms with E-state index in [0.29, 0.717) is 0 Å². The zero-order chi connectivity index (χ0) is 12.8. The monoisotopic (exact) mass is 252 g/mol. The van der Waals surface area contributed by atoms with Crippen molar-refractivity contribution in [3.63, 3.8) is 0 Å². The van der Waals surface area contributed by atoms with Crippen molar-refractivity contribution in [2.75, 3.05) is 26.2 Å². The number of nitrogens with one attached hydrogen (secondary N) is 1. The minimum absolute atomic E-state index is 0.903. The number of rotatable bonds is 8. The maximum atomic E-state index is 3.56. The lowest BCUT2D eigenvalue weighted by molar-refractivity contribution is 0.204. The Morgan fingerprint density at radius 3 is 2.67 bits per heavy atom. The van der Waals surface area contributed by atoms with Crippen LogP contribution in [0.5, 0.6) is 0 Å². The molecule has 1 aliphatic heterocycles. The standard InChI is InChI=1S/C16H32N2/c1-3-4-11-18(16-7-8-16)12-9-14(2)15-6-5-10-17-13-15/h14-17H,3-13H2,1-2H3. The summed E-state index contributed by atoms with van der Waals surface area (Å²) in [6.07, 6.45) is 9.89. The molecule has 1 heterocycles. The molecule has 1 saturated carbocycles. The molecule has 2 unspecified atom stereocenters. The molecule has 0 aromatic carbocycles. The average molecular weight is 252 g/mol. The fourth-order valence-electron chi connectivity index (χ4n) is 3.25. The highest BCUT2D eigenvalue weighted by atomic mass is 15.2. The van der Waals surface area contributed by atoms with Gasteiger partial charge in [-0.1, -0.05) is 20.3 Å². The Hall–Kier alpha value is -0.0800. The normalized spacial score (nSPS) is 26.5. The van der Waals surface area contributed by atoms with Gasteiger partial charge in [0.05, 0.1) is 0 Å². The molecular weight excluding hydrogens is 220 g/mol. The third-order valence-corrected chi connectivity index (χ3v) is 4.87. The molecule has 0 radical (unpaired) electrons. The van der Waals surface area contributed by atoms with Gasteiger partial charge in [0.25, 0.3) is 0 Å². The number of piperidine rings is 1.